The smallest absolute Gasteiger partial charge is 0.231 e. The number of hydrogen-bond acceptors (Lipinski definition) is 3. The first-order valence-corrected chi connectivity index (χ1v) is 9.22. The number of aromatic nitrogens is 1. The Bertz CT molecular complexity index is 786. The van der Waals surface area contributed by atoms with Crippen LogP contribution < -0.4 is 5.32 Å². The Labute approximate surface area is 152 Å². The number of amides is 1. The molecule has 1 heterocycles. The minimum atomic E-state index is -0.740. The van der Waals surface area contributed by atoms with Crippen LogP contribution in [-0.2, 0) is 16.6 Å². The molecule has 26 heavy (non-hydrogen) atoms. The van der Waals surface area contributed by atoms with Gasteiger partial charge in [0.25, 0.3) is 0 Å². The molecule has 1 atom stereocenters. The van der Waals surface area contributed by atoms with Crippen LogP contribution in [-0.4, -0.2) is 28.1 Å². The first-order valence-electron chi connectivity index (χ1n) is 9.22. The van der Waals surface area contributed by atoms with E-state index in [1.165, 1.54) is 6.07 Å². The minimum absolute atomic E-state index is 0.0925. The lowest BCUT2D eigenvalue weighted by atomic mass is 9.75. The Morgan fingerprint density at radius 1 is 1.23 bits per heavy atom. The molecule has 0 aliphatic heterocycles. The first kappa shape index (κ1) is 17.2. The molecule has 0 bridgehead atoms. The van der Waals surface area contributed by atoms with E-state index in [-0.39, 0.29) is 29.8 Å². The zero-order valence-electron chi connectivity index (χ0n) is 14.6. The molecule has 0 saturated heterocycles. The van der Waals surface area contributed by atoms with Gasteiger partial charge in [0, 0.05) is 29.9 Å². The van der Waals surface area contributed by atoms with Crippen molar-refractivity contribution in [1.29, 1.82) is 0 Å². The van der Waals surface area contributed by atoms with E-state index in [4.69, 9.17) is 0 Å². The van der Waals surface area contributed by atoms with Gasteiger partial charge in [-0.1, -0.05) is 24.3 Å². The van der Waals surface area contributed by atoms with Crippen LogP contribution in [0.5, 0.6) is 0 Å². The van der Waals surface area contributed by atoms with Gasteiger partial charge in [-0.25, -0.2) is 4.39 Å². The fourth-order valence-electron chi connectivity index (χ4n) is 3.94. The fourth-order valence-corrected chi connectivity index (χ4v) is 3.94. The summed E-state index contributed by atoms with van der Waals surface area (Å²) in [5.74, 6) is -0.196. The van der Waals surface area contributed by atoms with Crippen LogP contribution in [0.4, 0.5) is 4.39 Å². The number of hydrogen-bond donors (Lipinski definition) is 2. The monoisotopic (exact) mass is 354 g/mol. The van der Waals surface area contributed by atoms with Crippen molar-refractivity contribution in [2.45, 2.75) is 49.7 Å². The van der Waals surface area contributed by atoms with Crippen molar-refractivity contribution in [3.63, 3.8) is 0 Å². The minimum Gasteiger partial charge on any atom is -0.393 e. The summed E-state index contributed by atoms with van der Waals surface area (Å²) in [6, 6.07) is 12.2. The van der Waals surface area contributed by atoms with Crippen LogP contribution in [0.1, 0.15) is 36.9 Å². The van der Waals surface area contributed by atoms with Gasteiger partial charge in [0.05, 0.1) is 11.5 Å². The molecule has 1 aromatic heterocycles. The molecular weight excluding hydrogens is 331 g/mol. The number of halogens is 1. The third-order valence-electron chi connectivity index (χ3n) is 5.76. The van der Waals surface area contributed by atoms with Crippen LogP contribution in [0.15, 0.2) is 48.7 Å². The summed E-state index contributed by atoms with van der Waals surface area (Å²) in [5.41, 5.74) is 0.661. The van der Waals surface area contributed by atoms with Crippen molar-refractivity contribution in [1.82, 2.24) is 10.3 Å². The molecule has 0 spiro atoms. The molecule has 1 amide bonds. The predicted octanol–water partition coefficient (Wildman–Crippen LogP) is 2.75. The number of aliphatic hydroxyl groups is 1. The average molecular weight is 354 g/mol. The van der Waals surface area contributed by atoms with Gasteiger partial charge < -0.3 is 10.4 Å². The summed E-state index contributed by atoms with van der Waals surface area (Å²) < 4.78 is 14.2. The van der Waals surface area contributed by atoms with Gasteiger partial charge in [-0.2, -0.15) is 0 Å². The van der Waals surface area contributed by atoms with Crippen molar-refractivity contribution in [2.24, 2.45) is 5.92 Å². The summed E-state index contributed by atoms with van der Waals surface area (Å²) in [6.07, 6.45) is 4.79. The molecule has 2 aliphatic carbocycles. The van der Waals surface area contributed by atoms with E-state index in [1.807, 2.05) is 18.2 Å². The molecule has 2 fully saturated rings. The van der Waals surface area contributed by atoms with Crippen molar-refractivity contribution >= 4 is 5.91 Å². The molecule has 136 valence electrons. The Hall–Kier alpha value is -2.27. The number of pyridine rings is 1. The van der Waals surface area contributed by atoms with E-state index in [1.54, 1.807) is 24.4 Å². The highest BCUT2D eigenvalue weighted by Gasteiger charge is 2.53. The Morgan fingerprint density at radius 3 is 2.58 bits per heavy atom. The molecule has 2 aromatic rings. The normalized spacial score (nSPS) is 24.4. The topological polar surface area (TPSA) is 62.2 Å². The molecule has 2 N–H and O–H groups in total. The number of benzene rings is 1. The summed E-state index contributed by atoms with van der Waals surface area (Å²) >= 11 is 0. The number of carbonyl (C=O) groups excluding carboxylic acids is 1. The van der Waals surface area contributed by atoms with Crippen LogP contribution >= 0.6 is 0 Å². The lowest BCUT2D eigenvalue weighted by Gasteiger charge is -2.38. The number of nitrogens with zero attached hydrogens (tertiary/aromatic N) is 1. The zero-order chi connectivity index (χ0) is 18.1. The van der Waals surface area contributed by atoms with Crippen LogP contribution in [0.2, 0.25) is 0 Å². The van der Waals surface area contributed by atoms with Crippen molar-refractivity contribution in [2.75, 3.05) is 0 Å². The second-order valence-corrected chi connectivity index (χ2v) is 7.55. The highest BCUT2D eigenvalue weighted by molar-refractivity contribution is 5.91. The largest absolute Gasteiger partial charge is 0.393 e. The van der Waals surface area contributed by atoms with Gasteiger partial charge in [0.2, 0.25) is 5.91 Å². The lowest BCUT2D eigenvalue weighted by molar-refractivity contribution is -0.125. The van der Waals surface area contributed by atoms with E-state index in [0.717, 1.165) is 5.69 Å². The second-order valence-electron chi connectivity index (χ2n) is 7.55. The zero-order valence-corrected chi connectivity index (χ0v) is 14.6. The van der Waals surface area contributed by atoms with Gasteiger partial charge >= 0.3 is 0 Å². The van der Waals surface area contributed by atoms with Gasteiger partial charge in [-0.3, -0.25) is 9.78 Å². The third-order valence-corrected chi connectivity index (χ3v) is 5.76. The fraction of sp³-hybridized carbons (Fsp3) is 0.429. The summed E-state index contributed by atoms with van der Waals surface area (Å²) in [5, 5.41) is 12.8. The van der Waals surface area contributed by atoms with E-state index in [0.29, 0.717) is 37.7 Å². The number of carbonyl (C=O) groups is 1. The Kier molecular flexibility index (Phi) is 4.49. The second kappa shape index (κ2) is 6.80. The maximum atomic E-state index is 14.2. The third kappa shape index (κ3) is 3.23. The van der Waals surface area contributed by atoms with E-state index < -0.39 is 5.41 Å². The highest BCUT2D eigenvalue weighted by Crippen LogP contribution is 2.49. The molecule has 4 rings (SSSR count). The molecule has 1 aromatic carbocycles. The van der Waals surface area contributed by atoms with Gasteiger partial charge in [-0.15, -0.1) is 0 Å². The molecule has 4 nitrogen and oxygen atoms in total. The molecule has 1 unspecified atom stereocenters. The van der Waals surface area contributed by atoms with Crippen molar-refractivity contribution < 1.29 is 14.3 Å². The maximum absolute atomic E-state index is 14.2. The van der Waals surface area contributed by atoms with Gasteiger partial charge in [0.1, 0.15) is 5.82 Å². The van der Waals surface area contributed by atoms with E-state index >= 15 is 0 Å². The summed E-state index contributed by atoms with van der Waals surface area (Å²) in [7, 11) is 0. The highest BCUT2D eigenvalue weighted by atomic mass is 19.1. The predicted molar refractivity (Wildman–Crippen MR) is 95.9 cm³/mol. The number of nitrogens with one attached hydrogen (secondary N) is 1. The molecule has 0 radical (unpaired) electrons. The summed E-state index contributed by atoms with van der Waals surface area (Å²) in [4.78, 5) is 17.4. The van der Waals surface area contributed by atoms with E-state index in [9.17, 15) is 14.3 Å². The number of aliphatic hydroxyl groups excluding tert-OH is 1. The van der Waals surface area contributed by atoms with Crippen LogP contribution in [0.25, 0.3) is 0 Å². The molecular formula is C21H23FN2O2. The lowest BCUT2D eigenvalue weighted by Crippen LogP contribution is -2.51. The molecule has 2 saturated carbocycles. The average Bonchev–Trinajstić information content (AvgIpc) is 3.41. The van der Waals surface area contributed by atoms with E-state index in [2.05, 4.69) is 10.3 Å². The molecule has 5 heteroatoms. The summed E-state index contributed by atoms with van der Waals surface area (Å²) in [6.45, 7) is 0. The SMILES string of the molecule is O=C(NC(Cc1ccccn1)C1CC(O)C1)C1(c2ccccc2F)CC1. The Balaban J connectivity index is 1.52. The maximum Gasteiger partial charge on any atom is 0.231 e. The first-order chi connectivity index (χ1) is 12.6. The van der Waals surface area contributed by atoms with Gasteiger partial charge in [0.15, 0.2) is 0 Å². The van der Waals surface area contributed by atoms with Crippen LogP contribution in [0.3, 0.4) is 0 Å². The Morgan fingerprint density at radius 2 is 1.96 bits per heavy atom. The quantitative estimate of drug-likeness (QED) is 0.838. The van der Waals surface area contributed by atoms with Crippen molar-refractivity contribution in [3.05, 3.63) is 65.7 Å². The van der Waals surface area contributed by atoms with Gasteiger partial charge in [-0.05, 0) is 49.8 Å². The van der Waals surface area contributed by atoms with Crippen molar-refractivity contribution in [3.8, 4) is 0 Å². The number of rotatable bonds is 6. The molecule has 2 aliphatic rings. The van der Waals surface area contributed by atoms with Crippen LogP contribution in [0, 0.1) is 11.7 Å². The standard InChI is InChI=1S/C21H23FN2O2/c22-18-7-2-1-6-17(18)21(8-9-21)20(26)24-19(14-11-16(25)12-14)13-15-5-3-4-10-23-15/h1-7,10,14,16,19,25H,8-9,11-13H2,(H,24,26).